The van der Waals surface area contributed by atoms with E-state index in [1.807, 2.05) is 6.92 Å². The molecule has 30 heavy (non-hydrogen) atoms. The van der Waals surface area contributed by atoms with Crippen molar-refractivity contribution in [2.75, 3.05) is 13.2 Å². The molecule has 8 heteroatoms. The predicted octanol–water partition coefficient (Wildman–Crippen LogP) is 4.08. The third kappa shape index (κ3) is 6.27. The number of rotatable bonds is 9. The first-order chi connectivity index (χ1) is 14.3. The molecule has 0 heterocycles. The van der Waals surface area contributed by atoms with E-state index in [0.717, 1.165) is 5.56 Å². The second-order valence-electron chi connectivity index (χ2n) is 6.66. The summed E-state index contributed by atoms with van der Waals surface area (Å²) in [7, 11) is -3.83. The molecule has 0 aliphatic rings. The van der Waals surface area contributed by atoms with Gasteiger partial charge in [-0.3, -0.25) is 0 Å². The van der Waals surface area contributed by atoms with E-state index in [-0.39, 0.29) is 18.1 Å². The second-order valence-corrected chi connectivity index (χ2v) is 8.38. The van der Waals surface area contributed by atoms with E-state index in [0.29, 0.717) is 11.5 Å². The predicted molar refractivity (Wildman–Crippen MR) is 109 cm³/mol. The van der Waals surface area contributed by atoms with Crippen molar-refractivity contribution in [2.24, 2.45) is 0 Å². The van der Waals surface area contributed by atoms with Crippen LogP contribution in [0.15, 0.2) is 77.7 Å². The van der Waals surface area contributed by atoms with Crippen molar-refractivity contribution < 1.29 is 26.7 Å². The van der Waals surface area contributed by atoms with Crippen molar-refractivity contribution in [1.29, 1.82) is 0 Å². The Morgan fingerprint density at radius 2 is 1.20 bits per heavy atom. The second kappa shape index (κ2) is 9.69. The Morgan fingerprint density at radius 1 is 0.767 bits per heavy atom. The van der Waals surface area contributed by atoms with Crippen LogP contribution in [0.4, 0.5) is 8.78 Å². The minimum atomic E-state index is -3.83. The number of halogens is 2. The van der Waals surface area contributed by atoms with E-state index in [9.17, 15) is 17.2 Å². The molecule has 0 aliphatic heterocycles. The van der Waals surface area contributed by atoms with Gasteiger partial charge in [-0.05, 0) is 67.6 Å². The molecule has 0 radical (unpaired) electrons. The highest BCUT2D eigenvalue weighted by atomic mass is 32.2. The van der Waals surface area contributed by atoms with Gasteiger partial charge in [-0.1, -0.05) is 17.7 Å². The largest absolute Gasteiger partial charge is 0.492 e. The Morgan fingerprint density at radius 3 is 1.63 bits per heavy atom. The van der Waals surface area contributed by atoms with Crippen molar-refractivity contribution in [2.45, 2.75) is 17.9 Å². The molecule has 0 amide bonds. The molecule has 0 aromatic heterocycles. The molecule has 0 unspecified atom stereocenters. The Hall–Kier alpha value is -2.97. The monoisotopic (exact) mass is 433 g/mol. The first-order valence-electron chi connectivity index (χ1n) is 9.17. The zero-order chi connectivity index (χ0) is 21.6. The van der Waals surface area contributed by atoms with Crippen molar-refractivity contribution in [1.82, 2.24) is 4.72 Å². The lowest BCUT2D eigenvalue weighted by Crippen LogP contribution is -2.43. The number of nitrogens with one attached hydrogen (secondary N) is 1. The Balaban J connectivity index is 1.72. The van der Waals surface area contributed by atoms with Crippen molar-refractivity contribution >= 4 is 10.0 Å². The van der Waals surface area contributed by atoms with Crippen LogP contribution >= 0.6 is 0 Å². The molecule has 0 fully saturated rings. The maximum absolute atomic E-state index is 13.1. The fourth-order valence-corrected chi connectivity index (χ4v) is 3.78. The molecule has 5 nitrogen and oxygen atoms in total. The Kier molecular flexibility index (Phi) is 7.02. The normalized spacial score (nSPS) is 11.5. The van der Waals surface area contributed by atoms with Crippen LogP contribution in [0.2, 0.25) is 0 Å². The number of sulfonamides is 1. The average Bonchev–Trinajstić information content (AvgIpc) is 2.72. The number of hydrogen-bond acceptors (Lipinski definition) is 4. The molecule has 1 N–H and O–H groups in total. The minimum absolute atomic E-state index is 0.0576. The summed E-state index contributed by atoms with van der Waals surface area (Å²) in [6, 6.07) is 16.4. The van der Waals surface area contributed by atoms with Crippen molar-refractivity contribution in [3.8, 4) is 11.5 Å². The number of ether oxygens (including phenoxy) is 2. The molecule has 158 valence electrons. The van der Waals surface area contributed by atoms with Crippen LogP contribution in [-0.2, 0) is 10.0 Å². The quantitative estimate of drug-likeness (QED) is 0.552. The van der Waals surface area contributed by atoms with Gasteiger partial charge in [-0.25, -0.2) is 21.9 Å². The summed E-state index contributed by atoms with van der Waals surface area (Å²) in [5, 5.41) is 0. The van der Waals surface area contributed by atoms with Crippen LogP contribution in [0.25, 0.3) is 0 Å². The highest BCUT2D eigenvalue weighted by Gasteiger charge is 2.21. The van der Waals surface area contributed by atoms with Crippen LogP contribution in [0.1, 0.15) is 5.56 Å². The lowest BCUT2D eigenvalue weighted by atomic mass is 10.2. The molecule has 0 aliphatic carbocycles. The molecule has 3 aromatic rings. The summed E-state index contributed by atoms with van der Waals surface area (Å²) in [6.07, 6.45) is 0. The van der Waals surface area contributed by atoms with Gasteiger partial charge in [-0.2, -0.15) is 0 Å². The van der Waals surface area contributed by atoms with Gasteiger partial charge in [0.15, 0.2) is 0 Å². The van der Waals surface area contributed by atoms with Crippen LogP contribution < -0.4 is 14.2 Å². The minimum Gasteiger partial charge on any atom is -0.492 e. The van der Waals surface area contributed by atoms with E-state index in [4.69, 9.17) is 9.47 Å². The Labute approximate surface area is 174 Å². The topological polar surface area (TPSA) is 64.6 Å². The summed E-state index contributed by atoms with van der Waals surface area (Å²) in [6.45, 7) is 1.75. The highest BCUT2D eigenvalue weighted by Crippen LogP contribution is 2.15. The van der Waals surface area contributed by atoms with Gasteiger partial charge >= 0.3 is 0 Å². The fraction of sp³-hybridized carbons (Fsp3) is 0.182. The molecular formula is C22H21F2NO4S. The molecule has 0 saturated heterocycles. The zero-order valence-electron chi connectivity index (χ0n) is 16.2. The molecule has 0 spiro atoms. The third-order valence-corrected chi connectivity index (χ3v) is 5.72. The maximum atomic E-state index is 13.1. The van der Waals surface area contributed by atoms with Crippen molar-refractivity contribution in [3.05, 3.63) is 90.0 Å². The smallest absolute Gasteiger partial charge is 0.241 e. The summed E-state index contributed by atoms with van der Waals surface area (Å²) in [4.78, 5) is 0.113. The zero-order valence-corrected chi connectivity index (χ0v) is 17.0. The lowest BCUT2D eigenvalue weighted by Gasteiger charge is -2.20. The highest BCUT2D eigenvalue weighted by molar-refractivity contribution is 7.89. The van der Waals surface area contributed by atoms with Gasteiger partial charge in [-0.15, -0.1) is 0 Å². The molecular weight excluding hydrogens is 412 g/mol. The van der Waals surface area contributed by atoms with Crippen LogP contribution in [0.3, 0.4) is 0 Å². The van der Waals surface area contributed by atoms with E-state index in [1.54, 1.807) is 12.1 Å². The lowest BCUT2D eigenvalue weighted by molar-refractivity contribution is 0.210. The van der Waals surface area contributed by atoms with E-state index in [1.165, 1.54) is 60.7 Å². The van der Waals surface area contributed by atoms with Crippen LogP contribution in [0, 0.1) is 18.6 Å². The van der Waals surface area contributed by atoms with Gasteiger partial charge in [0.25, 0.3) is 0 Å². The SMILES string of the molecule is Cc1ccc(S(=O)(=O)NC(COc2ccc(F)cc2)COc2ccc(F)cc2)cc1. The molecule has 0 saturated carbocycles. The van der Waals surface area contributed by atoms with Crippen molar-refractivity contribution in [3.63, 3.8) is 0 Å². The summed E-state index contributed by atoms with van der Waals surface area (Å²) in [5.74, 6) is -0.0346. The van der Waals surface area contributed by atoms with Gasteiger partial charge in [0, 0.05) is 0 Å². The molecule has 3 aromatic carbocycles. The van der Waals surface area contributed by atoms with Gasteiger partial charge in [0.05, 0.1) is 10.9 Å². The number of hydrogen-bond donors (Lipinski definition) is 1. The van der Waals surface area contributed by atoms with Gasteiger partial charge < -0.3 is 9.47 Å². The van der Waals surface area contributed by atoms with E-state index < -0.39 is 27.7 Å². The average molecular weight is 433 g/mol. The summed E-state index contributed by atoms with van der Waals surface area (Å²) < 4.78 is 65.4. The standard InChI is InChI=1S/C22H21F2NO4S/c1-16-2-12-22(13-3-16)30(26,27)25-19(14-28-20-8-4-17(23)5-9-20)15-29-21-10-6-18(24)7-11-21/h2-13,19,25H,14-15H2,1H3. The first-order valence-corrected chi connectivity index (χ1v) is 10.7. The third-order valence-electron chi connectivity index (χ3n) is 4.18. The fourth-order valence-electron chi connectivity index (χ4n) is 2.58. The van der Waals surface area contributed by atoms with Crippen LogP contribution in [-0.4, -0.2) is 27.7 Å². The molecule has 0 atom stereocenters. The molecule has 3 rings (SSSR count). The Bertz CT molecular complexity index is 1000. The van der Waals surface area contributed by atoms with E-state index >= 15 is 0 Å². The maximum Gasteiger partial charge on any atom is 0.241 e. The number of aryl methyl sites for hydroxylation is 1. The number of benzene rings is 3. The van der Waals surface area contributed by atoms with E-state index in [2.05, 4.69) is 4.72 Å². The van der Waals surface area contributed by atoms with Gasteiger partial charge in [0.2, 0.25) is 10.0 Å². The van der Waals surface area contributed by atoms with Gasteiger partial charge in [0.1, 0.15) is 36.3 Å². The summed E-state index contributed by atoms with van der Waals surface area (Å²) >= 11 is 0. The first kappa shape index (κ1) is 21.7. The molecule has 0 bridgehead atoms. The summed E-state index contributed by atoms with van der Waals surface area (Å²) in [5.41, 5.74) is 0.935. The van der Waals surface area contributed by atoms with Crippen LogP contribution in [0.5, 0.6) is 11.5 Å².